The minimum Gasteiger partial charge on any atom is -0.497 e. The summed E-state index contributed by atoms with van der Waals surface area (Å²) in [5, 5.41) is 6.02. The molecular weight excluding hydrogens is 368 g/mol. The van der Waals surface area contributed by atoms with Gasteiger partial charge in [0.1, 0.15) is 5.75 Å². The van der Waals surface area contributed by atoms with Gasteiger partial charge in [-0.3, -0.25) is 9.59 Å². The number of aromatic nitrogens is 2. The van der Waals surface area contributed by atoms with E-state index in [1.54, 1.807) is 31.4 Å². The highest BCUT2D eigenvalue weighted by molar-refractivity contribution is 6.05. The van der Waals surface area contributed by atoms with E-state index in [-0.39, 0.29) is 17.9 Å². The molecule has 0 atom stereocenters. The van der Waals surface area contributed by atoms with Crippen molar-refractivity contribution < 1.29 is 14.3 Å². The number of ether oxygens (including phenoxy) is 1. The molecule has 0 radical (unpaired) electrons. The van der Waals surface area contributed by atoms with Crippen LogP contribution in [-0.4, -0.2) is 34.5 Å². The van der Waals surface area contributed by atoms with Crippen molar-refractivity contribution in [2.45, 2.75) is 64.0 Å². The molecule has 2 N–H and O–H groups in total. The summed E-state index contributed by atoms with van der Waals surface area (Å²) >= 11 is 0. The fraction of sp³-hybridized carbons (Fsp3) is 0.500. The van der Waals surface area contributed by atoms with Gasteiger partial charge in [-0.15, -0.1) is 0 Å². The number of hydrogen-bond donors (Lipinski definition) is 2. The summed E-state index contributed by atoms with van der Waals surface area (Å²) in [6, 6.07) is 7.37. The van der Waals surface area contributed by atoms with Crippen LogP contribution in [0.25, 0.3) is 0 Å². The van der Waals surface area contributed by atoms with Gasteiger partial charge in [-0.25, -0.2) is 4.98 Å². The van der Waals surface area contributed by atoms with Crippen LogP contribution in [0.3, 0.4) is 0 Å². The molecule has 2 aromatic rings. The molecule has 154 valence electrons. The van der Waals surface area contributed by atoms with Gasteiger partial charge in [-0.05, 0) is 56.4 Å². The van der Waals surface area contributed by atoms with Crippen molar-refractivity contribution >= 4 is 17.5 Å². The third kappa shape index (κ3) is 4.28. The molecule has 2 amide bonds. The molecule has 1 aliphatic heterocycles. The predicted octanol–water partition coefficient (Wildman–Crippen LogP) is 3.54. The van der Waals surface area contributed by atoms with Gasteiger partial charge in [-0.2, -0.15) is 0 Å². The molecule has 0 bridgehead atoms. The van der Waals surface area contributed by atoms with Crippen molar-refractivity contribution in [3.63, 3.8) is 0 Å². The van der Waals surface area contributed by atoms with Gasteiger partial charge in [-0.1, -0.05) is 19.3 Å². The Morgan fingerprint density at radius 1 is 1.03 bits per heavy atom. The molecule has 2 heterocycles. The van der Waals surface area contributed by atoms with Crippen LogP contribution >= 0.6 is 0 Å². The Morgan fingerprint density at radius 3 is 2.52 bits per heavy atom. The summed E-state index contributed by atoms with van der Waals surface area (Å²) in [4.78, 5) is 30.3. The van der Waals surface area contributed by atoms with Gasteiger partial charge in [0.2, 0.25) is 0 Å². The minimum absolute atomic E-state index is 0.163. The average Bonchev–Trinajstić information content (AvgIpc) is 3.15. The number of nitrogens with zero attached hydrogens (tertiary/aromatic N) is 2. The van der Waals surface area contributed by atoms with E-state index in [9.17, 15) is 9.59 Å². The van der Waals surface area contributed by atoms with E-state index in [0.717, 1.165) is 62.9 Å². The lowest BCUT2D eigenvalue weighted by atomic mass is 9.95. The lowest BCUT2D eigenvalue weighted by molar-refractivity contribution is 0.0911. The summed E-state index contributed by atoms with van der Waals surface area (Å²) in [5.74, 6) is 0.648. The highest BCUT2D eigenvalue weighted by Gasteiger charge is 2.28. The molecule has 7 heteroatoms. The number of fused-ring (bicyclic) bond motifs is 1. The normalized spacial score (nSPS) is 16.7. The highest BCUT2D eigenvalue weighted by atomic mass is 16.5. The van der Waals surface area contributed by atoms with Crippen molar-refractivity contribution in [3.05, 3.63) is 41.5 Å². The van der Waals surface area contributed by atoms with Gasteiger partial charge < -0.3 is 19.9 Å². The van der Waals surface area contributed by atoms with Crippen molar-refractivity contribution in [1.82, 2.24) is 14.9 Å². The Kier molecular flexibility index (Phi) is 5.83. The summed E-state index contributed by atoms with van der Waals surface area (Å²) in [7, 11) is 1.60. The number of carbonyl (C=O) groups excluding carboxylic acids is 2. The molecule has 29 heavy (non-hydrogen) atoms. The maximum atomic E-state index is 12.9. The fourth-order valence-electron chi connectivity index (χ4n) is 4.26. The first kappa shape index (κ1) is 19.5. The lowest BCUT2D eigenvalue weighted by Gasteiger charge is -2.23. The van der Waals surface area contributed by atoms with Crippen LogP contribution in [0.4, 0.5) is 5.69 Å². The zero-order valence-electron chi connectivity index (χ0n) is 16.9. The molecule has 1 aromatic carbocycles. The van der Waals surface area contributed by atoms with Gasteiger partial charge in [0.05, 0.1) is 12.8 Å². The minimum atomic E-state index is -0.280. The van der Waals surface area contributed by atoms with Crippen LogP contribution in [0.15, 0.2) is 24.3 Å². The summed E-state index contributed by atoms with van der Waals surface area (Å²) in [6.45, 7) is 0.728. The van der Waals surface area contributed by atoms with E-state index in [1.807, 2.05) is 4.57 Å². The predicted molar refractivity (Wildman–Crippen MR) is 110 cm³/mol. The van der Waals surface area contributed by atoms with E-state index in [4.69, 9.17) is 4.74 Å². The first-order chi connectivity index (χ1) is 14.2. The van der Waals surface area contributed by atoms with Crippen LogP contribution in [0.2, 0.25) is 0 Å². The summed E-state index contributed by atoms with van der Waals surface area (Å²) < 4.78 is 7.09. The number of benzene rings is 1. The Morgan fingerprint density at radius 2 is 1.79 bits per heavy atom. The molecule has 4 rings (SSSR count). The van der Waals surface area contributed by atoms with E-state index >= 15 is 0 Å². The smallest absolute Gasteiger partial charge is 0.287 e. The first-order valence-electron chi connectivity index (χ1n) is 10.5. The standard InChI is InChI=1S/C22H28N4O3/c1-29-17-12-10-16(11-13-17)23-21(27)19-18-9-5-6-14-26(18)20(25-19)22(28)24-15-7-3-2-4-8-15/h10-13,15H,2-9,14H2,1H3,(H,23,27)(H,24,28). The lowest BCUT2D eigenvalue weighted by Crippen LogP contribution is -2.37. The van der Waals surface area contributed by atoms with Gasteiger partial charge in [0, 0.05) is 18.3 Å². The van der Waals surface area contributed by atoms with E-state index in [2.05, 4.69) is 15.6 Å². The molecule has 0 saturated heterocycles. The third-order valence-corrected chi connectivity index (χ3v) is 5.82. The van der Waals surface area contributed by atoms with Gasteiger partial charge >= 0.3 is 0 Å². The van der Waals surface area contributed by atoms with E-state index in [0.29, 0.717) is 17.2 Å². The largest absolute Gasteiger partial charge is 0.497 e. The van der Waals surface area contributed by atoms with Crippen molar-refractivity contribution in [3.8, 4) is 5.75 Å². The summed E-state index contributed by atoms with van der Waals surface area (Å²) in [5.41, 5.74) is 1.88. The number of carbonyl (C=O) groups is 2. The number of rotatable bonds is 5. The Balaban J connectivity index is 1.54. The quantitative estimate of drug-likeness (QED) is 0.809. The maximum absolute atomic E-state index is 12.9. The van der Waals surface area contributed by atoms with E-state index < -0.39 is 0 Å². The van der Waals surface area contributed by atoms with Crippen LogP contribution in [-0.2, 0) is 13.0 Å². The monoisotopic (exact) mass is 396 g/mol. The van der Waals surface area contributed by atoms with Crippen molar-refractivity contribution in [1.29, 1.82) is 0 Å². The number of amides is 2. The molecular formula is C22H28N4O3. The number of anilines is 1. The van der Waals surface area contributed by atoms with Crippen LogP contribution in [0.5, 0.6) is 5.75 Å². The molecule has 0 unspecified atom stereocenters. The SMILES string of the molecule is COc1ccc(NC(=O)c2nc(C(=O)NC3CCCCC3)n3c2CCCC3)cc1. The summed E-state index contributed by atoms with van der Waals surface area (Å²) in [6.07, 6.45) is 8.33. The Hall–Kier alpha value is -2.83. The Labute approximate surface area is 170 Å². The second-order valence-corrected chi connectivity index (χ2v) is 7.83. The molecule has 1 saturated carbocycles. The molecule has 1 aromatic heterocycles. The van der Waals surface area contributed by atoms with Gasteiger partial charge in [0.25, 0.3) is 11.8 Å². The fourth-order valence-corrected chi connectivity index (χ4v) is 4.26. The number of imidazole rings is 1. The number of methoxy groups -OCH3 is 1. The first-order valence-corrected chi connectivity index (χ1v) is 10.5. The second kappa shape index (κ2) is 8.68. The molecule has 7 nitrogen and oxygen atoms in total. The molecule has 2 aliphatic rings. The maximum Gasteiger partial charge on any atom is 0.287 e. The number of hydrogen-bond acceptors (Lipinski definition) is 4. The Bertz CT molecular complexity index is 882. The van der Waals surface area contributed by atoms with Crippen LogP contribution < -0.4 is 15.4 Å². The topological polar surface area (TPSA) is 85.2 Å². The van der Waals surface area contributed by atoms with Crippen molar-refractivity contribution in [2.75, 3.05) is 12.4 Å². The van der Waals surface area contributed by atoms with Crippen LogP contribution in [0.1, 0.15) is 71.7 Å². The second-order valence-electron chi connectivity index (χ2n) is 7.83. The highest BCUT2D eigenvalue weighted by Crippen LogP contribution is 2.24. The van der Waals surface area contributed by atoms with Crippen LogP contribution in [0, 0.1) is 0 Å². The molecule has 1 aliphatic carbocycles. The number of nitrogens with one attached hydrogen (secondary N) is 2. The molecule has 1 fully saturated rings. The zero-order chi connectivity index (χ0) is 20.2. The third-order valence-electron chi connectivity index (χ3n) is 5.82. The van der Waals surface area contributed by atoms with E-state index in [1.165, 1.54) is 6.42 Å². The van der Waals surface area contributed by atoms with Crippen molar-refractivity contribution in [2.24, 2.45) is 0 Å². The molecule has 0 spiro atoms. The van der Waals surface area contributed by atoms with Gasteiger partial charge in [0.15, 0.2) is 11.5 Å². The average molecular weight is 396 g/mol. The zero-order valence-corrected chi connectivity index (χ0v) is 16.9.